The van der Waals surface area contributed by atoms with E-state index in [2.05, 4.69) is 10.2 Å². The minimum absolute atomic E-state index is 0.122. The number of esters is 1. The molecule has 1 saturated heterocycles. The monoisotopic (exact) mass is 459 g/mol. The number of carbonyl (C=O) groups is 2. The lowest BCUT2D eigenvalue weighted by atomic mass is 9.93. The second-order valence-corrected chi connectivity index (χ2v) is 8.98. The zero-order valence-corrected chi connectivity index (χ0v) is 20.0. The molecular weight excluding hydrogens is 426 g/mol. The van der Waals surface area contributed by atoms with Crippen molar-refractivity contribution in [3.63, 3.8) is 0 Å². The molecule has 34 heavy (non-hydrogen) atoms. The lowest BCUT2D eigenvalue weighted by molar-refractivity contribution is -0.121. The fourth-order valence-corrected chi connectivity index (χ4v) is 4.85. The summed E-state index contributed by atoms with van der Waals surface area (Å²) in [7, 11) is 1.42. The lowest BCUT2D eigenvalue weighted by Crippen LogP contribution is -2.40. The van der Waals surface area contributed by atoms with Crippen LogP contribution in [0.2, 0.25) is 0 Å². The molecule has 0 bridgehead atoms. The molecule has 0 radical (unpaired) electrons. The summed E-state index contributed by atoms with van der Waals surface area (Å²) in [5.41, 5.74) is 3.97. The number of amides is 1. The van der Waals surface area contributed by atoms with Crippen LogP contribution in [0.25, 0.3) is 22.0 Å². The number of piperidine rings is 1. The minimum atomic E-state index is -0.368. The number of fused-ring (bicyclic) bond motifs is 1. The molecular formula is C28H33N3O3. The molecule has 2 heterocycles. The van der Waals surface area contributed by atoms with Crippen molar-refractivity contribution < 1.29 is 14.3 Å². The quantitative estimate of drug-likeness (QED) is 0.489. The van der Waals surface area contributed by atoms with Crippen LogP contribution in [0.5, 0.6) is 0 Å². The molecule has 6 heteroatoms. The van der Waals surface area contributed by atoms with E-state index in [0.717, 1.165) is 60.1 Å². The van der Waals surface area contributed by atoms with E-state index in [0.29, 0.717) is 31.0 Å². The molecule has 6 nitrogen and oxygen atoms in total. The Hall–Kier alpha value is -3.25. The van der Waals surface area contributed by atoms with Crippen LogP contribution in [0.3, 0.4) is 0 Å². The van der Waals surface area contributed by atoms with Crippen LogP contribution < -0.4 is 5.32 Å². The van der Waals surface area contributed by atoms with Crippen LogP contribution in [-0.2, 0) is 16.1 Å². The van der Waals surface area contributed by atoms with Crippen LogP contribution in [0.15, 0.2) is 54.6 Å². The Bertz CT molecular complexity index is 1150. The van der Waals surface area contributed by atoms with E-state index < -0.39 is 0 Å². The summed E-state index contributed by atoms with van der Waals surface area (Å²) < 4.78 is 5.24. The Morgan fingerprint density at radius 2 is 1.88 bits per heavy atom. The first-order valence-corrected chi connectivity index (χ1v) is 12.1. The van der Waals surface area contributed by atoms with E-state index in [-0.39, 0.29) is 11.9 Å². The largest absolute Gasteiger partial charge is 0.465 e. The molecule has 0 aliphatic carbocycles. The molecule has 1 atom stereocenters. The number of para-hydroxylation sites is 1. The topological polar surface area (TPSA) is 71.5 Å². The number of aromatic nitrogens is 1. The fourth-order valence-electron chi connectivity index (χ4n) is 4.85. The number of rotatable bonds is 8. The number of hydrogen-bond acceptors (Lipinski definition) is 5. The van der Waals surface area contributed by atoms with Crippen molar-refractivity contribution in [3.8, 4) is 11.1 Å². The number of benzene rings is 2. The Kier molecular flexibility index (Phi) is 7.91. The fraction of sp³-hybridized carbons (Fsp3) is 0.393. The Balaban J connectivity index is 1.67. The van der Waals surface area contributed by atoms with Crippen LogP contribution in [0, 0.1) is 5.92 Å². The van der Waals surface area contributed by atoms with Gasteiger partial charge < -0.3 is 10.1 Å². The van der Waals surface area contributed by atoms with Gasteiger partial charge in [-0.25, -0.2) is 4.79 Å². The average molecular weight is 460 g/mol. The minimum Gasteiger partial charge on any atom is -0.465 e. The number of likely N-dealkylation sites (tertiary alicyclic amines) is 1. The molecule has 1 N–H and O–H groups in total. The zero-order chi connectivity index (χ0) is 23.9. The highest BCUT2D eigenvalue weighted by molar-refractivity contribution is 6.07. The van der Waals surface area contributed by atoms with Gasteiger partial charge in [0, 0.05) is 37.0 Å². The van der Waals surface area contributed by atoms with Crippen molar-refractivity contribution in [1.82, 2.24) is 15.2 Å². The first kappa shape index (κ1) is 23.9. The third-order valence-electron chi connectivity index (χ3n) is 6.46. The summed E-state index contributed by atoms with van der Waals surface area (Å²) in [6.07, 6.45) is 3.58. The molecule has 1 aromatic heterocycles. The Labute approximate surface area is 201 Å². The Morgan fingerprint density at radius 1 is 1.12 bits per heavy atom. The number of nitrogens with one attached hydrogen (secondary N) is 1. The number of nitrogens with zero attached hydrogens (tertiary/aromatic N) is 2. The van der Waals surface area contributed by atoms with Gasteiger partial charge >= 0.3 is 5.97 Å². The predicted octanol–water partition coefficient (Wildman–Crippen LogP) is 4.82. The van der Waals surface area contributed by atoms with Crippen LogP contribution in [0.4, 0.5) is 0 Å². The van der Waals surface area contributed by atoms with E-state index in [4.69, 9.17) is 9.72 Å². The summed E-state index contributed by atoms with van der Waals surface area (Å²) >= 11 is 0. The number of ether oxygens (including phenoxy) is 1. The lowest BCUT2D eigenvalue weighted by Gasteiger charge is -2.33. The summed E-state index contributed by atoms with van der Waals surface area (Å²) in [5.74, 6) is 0.147. The highest BCUT2D eigenvalue weighted by Crippen LogP contribution is 2.34. The number of pyridine rings is 1. The van der Waals surface area contributed by atoms with Crippen LogP contribution >= 0.6 is 0 Å². The summed E-state index contributed by atoms with van der Waals surface area (Å²) in [5, 5.41) is 4.01. The standard InChI is InChI=1S/C28H33N3O3/c1-3-10-25(32)29-17-20-11-9-16-31(18-20)19-24-27(28(33)34-2)26(21-12-5-4-6-13-21)22-14-7-8-15-23(22)30-24/h4-8,12-15,20H,3,9-11,16-19H2,1-2H3,(H,29,32). The highest BCUT2D eigenvalue weighted by Gasteiger charge is 2.26. The van der Waals surface area contributed by atoms with Crippen molar-refractivity contribution in [2.75, 3.05) is 26.7 Å². The SMILES string of the molecule is CCCC(=O)NCC1CCCN(Cc2nc3ccccc3c(-c3ccccc3)c2C(=O)OC)C1. The van der Waals surface area contributed by atoms with Crippen molar-refractivity contribution in [3.05, 3.63) is 65.9 Å². The molecule has 178 valence electrons. The van der Waals surface area contributed by atoms with Gasteiger partial charge in [-0.05, 0) is 43.4 Å². The number of carbonyl (C=O) groups excluding carboxylic acids is 2. The van der Waals surface area contributed by atoms with Crippen LogP contribution in [-0.4, -0.2) is 48.5 Å². The molecule has 1 amide bonds. The molecule has 2 aromatic carbocycles. The maximum atomic E-state index is 13.1. The highest BCUT2D eigenvalue weighted by atomic mass is 16.5. The maximum Gasteiger partial charge on any atom is 0.340 e. The molecule has 1 aliphatic heterocycles. The van der Waals surface area contributed by atoms with Gasteiger partial charge in [-0.1, -0.05) is 55.5 Å². The van der Waals surface area contributed by atoms with Gasteiger partial charge in [0.1, 0.15) is 0 Å². The van der Waals surface area contributed by atoms with Gasteiger partial charge in [0.25, 0.3) is 0 Å². The van der Waals surface area contributed by atoms with E-state index >= 15 is 0 Å². The third-order valence-corrected chi connectivity index (χ3v) is 6.46. The first-order chi connectivity index (χ1) is 16.6. The maximum absolute atomic E-state index is 13.1. The van der Waals surface area contributed by atoms with Gasteiger partial charge in [0.2, 0.25) is 5.91 Å². The predicted molar refractivity (Wildman–Crippen MR) is 134 cm³/mol. The van der Waals surface area contributed by atoms with Gasteiger partial charge in [0.15, 0.2) is 0 Å². The van der Waals surface area contributed by atoms with Gasteiger partial charge in [0.05, 0.1) is 23.9 Å². The van der Waals surface area contributed by atoms with Gasteiger partial charge in [-0.3, -0.25) is 14.7 Å². The van der Waals surface area contributed by atoms with Crippen molar-refractivity contribution >= 4 is 22.8 Å². The number of hydrogen-bond donors (Lipinski definition) is 1. The smallest absolute Gasteiger partial charge is 0.340 e. The molecule has 1 aliphatic rings. The summed E-state index contributed by atoms with van der Waals surface area (Å²) in [4.78, 5) is 32.3. The van der Waals surface area contributed by atoms with E-state index in [1.807, 2.05) is 61.5 Å². The van der Waals surface area contributed by atoms with Crippen molar-refractivity contribution in [2.24, 2.45) is 5.92 Å². The van der Waals surface area contributed by atoms with E-state index in [1.54, 1.807) is 0 Å². The van der Waals surface area contributed by atoms with E-state index in [1.165, 1.54) is 7.11 Å². The number of methoxy groups -OCH3 is 1. The molecule has 0 spiro atoms. The molecule has 3 aromatic rings. The Morgan fingerprint density at radius 3 is 2.65 bits per heavy atom. The molecule has 0 saturated carbocycles. The summed E-state index contributed by atoms with van der Waals surface area (Å²) in [6, 6.07) is 17.9. The van der Waals surface area contributed by atoms with Gasteiger partial charge in [-0.15, -0.1) is 0 Å². The second kappa shape index (κ2) is 11.3. The van der Waals surface area contributed by atoms with Crippen LogP contribution in [0.1, 0.15) is 48.7 Å². The molecule has 4 rings (SSSR count). The molecule has 1 fully saturated rings. The normalized spacial score (nSPS) is 16.4. The second-order valence-electron chi connectivity index (χ2n) is 8.98. The van der Waals surface area contributed by atoms with E-state index in [9.17, 15) is 9.59 Å². The molecule has 1 unspecified atom stereocenters. The third kappa shape index (κ3) is 5.45. The van der Waals surface area contributed by atoms with Gasteiger partial charge in [-0.2, -0.15) is 0 Å². The average Bonchev–Trinajstić information content (AvgIpc) is 2.87. The van der Waals surface area contributed by atoms with Crippen molar-refractivity contribution in [1.29, 1.82) is 0 Å². The zero-order valence-electron chi connectivity index (χ0n) is 20.0. The van der Waals surface area contributed by atoms with Crippen molar-refractivity contribution in [2.45, 2.75) is 39.2 Å². The summed E-state index contributed by atoms with van der Waals surface area (Å²) in [6.45, 7) is 5.08. The first-order valence-electron chi connectivity index (χ1n) is 12.1.